The number of hydrogen-bond acceptors (Lipinski definition) is 5. The zero-order valence-electron chi connectivity index (χ0n) is 24.5. The number of methoxy groups -OCH3 is 1. The van der Waals surface area contributed by atoms with Gasteiger partial charge in [0.05, 0.1) is 44.7 Å². The molecule has 2 heterocycles. The van der Waals surface area contributed by atoms with Crippen LogP contribution in [0.1, 0.15) is 33.3 Å². The second-order valence-electron chi connectivity index (χ2n) is 10.00. The van der Waals surface area contributed by atoms with Gasteiger partial charge in [-0.25, -0.2) is 0 Å². The fourth-order valence-corrected chi connectivity index (χ4v) is 6.15. The standard InChI is InChI=1S/C35H37NO5/c1-6-38-28-15-14-23(19-30(28)39-7-2)33-27-21-29(37-5)24-12-10-11-13-25(24)34(27)36-17-16-22-18-31(40-8-3)32(41-9-4)20-26(22)35(33)36/h10-15,18-21H,6-9,16-17H2,1-5H3. The van der Waals surface area contributed by atoms with E-state index >= 15 is 0 Å². The van der Waals surface area contributed by atoms with Crippen molar-refractivity contribution in [1.29, 1.82) is 0 Å². The molecule has 0 saturated heterocycles. The SMILES string of the molecule is CCOc1ccc(-c2c3n(c4c2cc(OC)c2ccccc24)CCc2cc(OCC)c(OCC)cc2-3)cc1OCC. The Labute approximate surface area is 241 Å². The van der Waals surface area contributed by atoms with Crippen LogP contribution in [-0.4, -0.2) is 38.1 Å². The number of aryl methyl sites for hydroxylation is 2. The molecule has 6 rings (SSSR count). The average molecular weight is 552 g/mol. The molecule has 0 radical (unpaired) electrons. The van der Waals surface area contributed by atoms with Crippen LogP contribution in [0, 0.1) is 0 Å². The monoisotopic (exact) mass is 551 g/mol. The van der Waals surface area contributed by atoms with Crippen LogP contribution in [0.5, 0.6) is 28.7 Å². The Morgan fingerprint density at radius 3 is 1.95 bits per heavy atom. The van der Waals surface area contributed by atoms with E-state index in [1.54, 1.807) is 7.11 Å². The molecule has 6 heteroatoms. The summed E-state index contributed by atoms with van der Waals surface area (Å²) in [5.74, 6) is 3.91. The fourth-order valence-electron chi connectivity index (χ4n) is 6.15. The van der Waals surface area contributed by atoms with Crippen LogP contribution in [0.2, 0.25) is 0 Å². The summed E-state index contributed by atoms with van der Waals surface area (Å²) in [5.41, 5.74) is 6.98. The zero-order chi connectivity index (χ0) is 28.5. The molecule has 0 N–H and O–H groups in total. The second kappa shape index (κ2) is 11.3. The van der Waals surface area contributed by atoms with Gasteiger partial charge in [-0.1, -0.05) is 30.3 Å². The predicted molar refractivity (Wildman–Crippen MR) is 165 cm³/mol. The lowest BCUT2D eigenvalue weighted by Crippen LogP contribution is -2.12. The lowest BCUT2D eigenvalue weighted by Gasteiger charge is -2.24. The van der Waals surface area contributed by atoms with Crippen molar-refractivity contribution < 1.29 is 23.7 Å². The highest BCUT2D eigenvalue weighted by Crippen LogP contribution is 2.50. The molecule has 0 aliphatic carbocycles. The van der Waals surface area contributed by atoms with Crippen molar-refractivity contribution in [2.75, 3.05) is 33.5 Å². The number of fused-ring (bicyclic) bond motifs is 7. The van der Waals surface area contributed by atoms with Gasteiger partial charge in [-0.2, -0.15) is 0 Å². The molecule has 0 saturated carbocycles. The Morgan fingerprint density at radius 2 is 1.27 bits per heavy atom. The average Bonchev–Trinajstić information content (AvgIpc) is 3.33. The molecule has 0 unspecified atom stereocenters. The van der Waals surface area contributed by atoms with Crippen molar-refractivity contribution in [2.24, 2.45) is 0 Å². The van der Waals surface area contributed by atoms with E-state index < -0.39 is 0 Å². The Balaban J connectivity index is 1.73. The van der Waals surface area contributed by atoms with Crippen molar-refractivity contribution in [1.82, 2.24) is 4.57 Å². The molecule has 6 nitrogen and oxygen atoms in total. The quantitative estimate of drug-likeness (QED) is 0.175. The van der Waals surface area contributed by atoms with E-state index in [4.69, 9.17) is 23.7 Å². The first-order valence-corrected chi connectivity index (χ1v) is 14.6. The van der Waals surface area contributed by atoms with E-state index in [0.29, 0.717) is 26.4 Å². The molecule has 41 heavy (non-hydrogen) atoms. The second-order valence-corrected chi connectivity index (χ2v) is 10.00. The van der Waals surface area contributed by atoms with Crippen molar-refractivity contribution in [3.05, 3.63) is 66.2 Å². The highest BCUT2D eigenvalue weighted by molar-refractivity contribution is 6.17. The third kappa shape index (κ3) is 4.51. The summed E-state index contributed by atoms with van der Waals surface area (Å²) in [7, 11) is 1.74. The van der Waals surface area contributed by atoms with Gasteiger partial charge in [-0.15, -0.1) is 0 Å². The normalized spacial score (nSPS) is 12.2. The number of nitrogens with zero attached hydrogens (tertiary/aromatic N) is 1. The molecule has 0 fully saturated rings. The highest BCUT2D eigenvalue weighted by Gasteiger charge is 2.29. The number of hydrogen-bond donors (Lipinski definition) is 0. The van der Waals surface area contributed by atoms with Crippen LogP contribution in [0.4, 0.5) is 0 Å². The molecule has 0 spiro atoms. The van der Waals surface area contributed by atoms with E-state index in [1.165, 1.54) is 16.5 Å². The largest absolute Gasteiger partial charge is 0.496 e. The minimum absolute atomic E-state index is 0.553. The van der Waals surface area contributed by atoms with Crippen LogP contribution >= 0.6 is 0 Å². The summed E-state index contributed by atoms with van der Waals surface area (Å²) < 4.78 is 32.5. The third-order valence-electron chi connectivity index (χ3n) is 7.71. The number of rotatable bonds is 10. The van der Waals surface area contributed by atoms with Gasteiger partial charge in [0.15, 0.2) is 23.0 Å². The van der Waals surface area contributed by atoms with E-state index in [2.05, 4.69) is 59.2 Å². The lowest BCUT2D eigenvalue weighted by atomic mass is 9.92. The predicted octanol–water partition coefficient (Wildman–Crippen LogP) is 8.29. The summed E-state index contributed by atoms with van der Waals surface area (Å²) >= 11 is 0. The van der Waals surface area contributed by atoms with Crippen molar-refractivity contribution >= 4 is 21.7 Å². The molecule has 4 aromatic carbocycles. The van der Waals surface area contributed by atoms with Crippen LogP contribution in [0.3, 0.4) is 0 Å². The number of benzene rings is 4. The molecule has 5 aromatic rings. The molecular formula is C35H37NO5. The van der Waals surface area contributed by atoms with Crippen LogP contribution in [0.25, 0.3) is 44.1 Å². The van der Waals surface area contributed by atoms with Gasteiger partial charge in [-0.05, 0) is 75.6 Å². The summed E-state index contributed by atoms with van der Waals surface area (Å²) in [6.45, 7) is 11.1. The Kier molecular flexibility index (Phi) is 7.39. The summed E-state index contributed by atoms with van der Waals surface area (Å²) in [5, 5.41) is 3.41. The summed E-state index contributed by atoms with van der Waals surface area (Å²) in [6.07, 6.45) is 0.895. The topological polar surface area (TPSA) is 51.1 Å². The van der Waals surface area contributed by atoms with Gasteiger partial charge in [0, 0.05) is 33.8 Å². The third-order valence-corrected chi connectivity index (χ3v) is 7.71. The fraction of sp³-hybridized carbons (Fsp3) is 0.314. The first-order chi connectivity index (χ1) is 20.1. The van der Waals surface area contributed by atoms with Gasteiger partial charge in [-0.3, -0.25) is 0 Å². The Hall–Kier alpha value is -4.32. The maximum Gasteiger partial charge on any atom is 0.161 e. The van der Waals surface area contributed by atoms with Crippen molar-refractivity contribution in [3.8, 4) is 51.1 Å². The molecule has 1 aliphatic rings. The maximum absolute atomic E-state index is 6.10. The molecular weight excluding hydrogens is 514 g/mol. The van der Waals surface area contributed by atoms with Crippen LogP contribution in [0.15, 0.2) is 60.7 Å². The van der Waals surface area contributed by atoms with Crippen molar-refractivity contribution in [2.45, 2.75) is 40.7 Å². The van der Waals surface area contributed by atoms with Gasteiger partial charge in [0.2, 0.25) is 0 Å². The number of ether oxygens (including phenoxy) is 5. The van der Waals surface area contributed by atoms with E-state index in [-0.39, 0.29) is 0 Å². The first kappa shape index (κ1) is 26.9. The zero-order valence-corrected chi connectivity index (χ0v) is 24.5. The molecule has 0 atom stereocenters. The maximum atomic E-state index is 6.10. The molecule has 212 valence electrons. The van der Waals surface area contributed by atoms with E-state index in [9.17, 15) is 0 Å². The van der Waals surface area contributed by atoms with Gasteiger partial charge in [0.25, 0.3) is 0 Å². The molecule has 0 amide bonds. The van der Waals surface area contributed by atoms with E-state index in [0.717, 1.165) is 74.9 Å². The highest BCUT2D eigenvalue weighted by atomic mass is 16.5. The first-order valence-electron chi connectivity index (χ1n) is 14.6. The van der Waals surface area contributed by atoms with Crippen LogP contribution < -0.4 is 23.7 Å². The molecule has 1 aromatic heterocycles. The van der Waals surface area contributed by atoms with Gasteiger partial charge in [0.1, 0.15) is 5.75 Å². The smallest absolute Gasteiger partial charge is 0.161 e. The molecule has 0 bridgehead atoms. The minimum Gasteiger partial charge on any atom is -0.496 e. The van der Waals surface area contributed by atoms with Gasteiger partial charge < -0.3 is 28.3 Å². The molecule has 1 aliphatic heterocycles. The van der Waals surface area contributed by atoms with Crippen LogP contribution in [-0.2, 0) is 13.0 Å². The minimum atomic E-state index is 0.553. The van der Waals surface area contributed by atoms with E-state index in [1.807, 2.05) is 33.8 Å². The lowest BCUT2D eigenvalue weighted by molar-refractivity contribution is 0.287. The Bertz CT molecular complexity index is 1740. The van der Waals surface area contributed by atoms with Crippen molar-refractivity contribution in [3.63, 3.8) is 0 Å². The van der Waals surface area contributed by atoms with Gasteiger partial charge >= 0.3 is 0 Å². The summed E-state index contributed by atoms with van der Waals surface area (Å²) in [4.78, 5) is 0. The Morgan fingerprint density at radius 1 is 0.634 bits per heavy atom. The summed E-state index contributed by atoms with van der Waals surface area (Å²) in [6, 6.07) is 21.3. The number of aromatic nitrogens is 1.